The van der Waals surface area contributed by atoms with Gasteiger partial charge in [-0.05, 0) is 50.2 Å². The van der Waals surface area contributed by atoms with Gasteiger partial charge in [-0.25, -0.2) is 4.98 Å². The van der Waals surface area contributed by atoms with Crippen molar-refractivity contribution >= 4 is 11.8 Å². The third kappa shape index (κ3) is 4.30. The molecule has 1 aromatic heterocycles. The van der Waals surface area contributed by atoms with Crippen LogP contribution >= 0.6 is 0 Å². The van der Waals surface area contributed by atoms with Gasteiger partial charge in [0, 0.05) is 38.8 Å². The summed E-state index contributed by atoms with van der Waals surface area (Å²) in [6.07, 6.45) is 7.41. The molecule has 0 aromatic carbocycles. The molecule has 6 nitrogen and oxygen atoms in total. The summed E-state index contributed by atoms with van der Waals surface area (Å²) in [5, 5.41) is 0. The predicted molar refractivity (Wildman–Crippen MR) is 94.5 cm³/mol. The summed E-state index contributed by atoms with van der Waals surface area (Å²) in [6, 6.07) is 3.51. The molecule has 0 aliphatic carbocycles. The highest BCUT2D eigenvalue weighted by Gasteiger charge is 2.27. The first-order valence-corrected chi connectivity index (χ1v) is 9.25. The molecule has 3 rings (SSSR count). The summed E-state index contributed by atoms with van der Waals surface area (Å²) in [6.45, 7) is 3.29. The van der Waals surface area contributed by atoms with Crippen LogP contribution in [0.3, 0.4) is 0 Å². The summed E-state index contributed by atoms with van der Waals surface area (Å²) in [4.78, 5) is 33.0. The van der Waals surface area contributed by atoms with Crippen LogP contribution in [-0.2, 0) is 4.79 Å². The molecule has 0 N–H and O–H groups in total. The van der Waals surface area contributed by atoms with Gasteiger partial charge in [0.15, 0.2) is 0 Å². The molecule has 2 aliphatic heterocycles. The lowest BCUT2D eigenvalue weighted by atomic mass is 9.92. The molecule has 0 saturated carbocycles. The minimum Gasteiger partial charge on any atom is -0.480 e. The molecule has 2 amide bonds. The zero-order valence-corrected chi connectivity index (χ0v) is 14.9. The molecular weight excluding hydrogens is 318 g/mol. The summed E-state index contributed by atoms with van der Waals surface area (Å²) in [7, 11) is 1.53. The molecule has 6 heteroatoms. The topological polar surface area (TPSA) is 62.7 Å². The minimum absolute atomic E-state index is 0.0273. The normalized spacial score (nSPS) is 20.6. The third-order valence-corrected chi connectivity index (χ3v) is 5.23. The number of pyridine rings is 1. The average Bonchev–Trinajstić information content (AvgIpc) is 3.20. The summed E-state index contributed by atoms with van der Waals surface area (Å²) < 4.78 is 5.21. The molecular formula is C19H27N3O3. The van der Waals surface area contributed by atoms with Crippen molar-refractivity contribution in [1.82, 2.24) is 14.8 Å². The quantitative estimate of drug-likeness (QED) is 0.822. The predicted octanol–water partition coefficient (Wildman–Crippen LogP) is 2.35. The first kappa shape index (κ1) is 17.7. The first-order chi connectivity index (χ1) is 12.2. The fourth-order valence-corrected chi connectivity index (χ4v) is 3.82. The van der Waals surface area contributed by atoms with Crippen molar-refractivity contribution in [2.45, 2.75) is 38.5 Å². The van der Waals surface area contributed by atoms with Gasteiger partial charge in [-0.15, -0.1) is 0 Å². The van der Waals surface area contributed by atoms with Crippen LogP contribution < -0.4 is 4.74 Å². The van der Waals surface area contributed by atoms with E-state index in [0.717, 1.165) is 51.7 Å². The van der Waals surface area contributed by atoms with Gasteiger partial charge < -0.3 is 14.5 Å². The number of aromatic nitrogens is 1. The first-order valence-electron chi connectivity index (χ1n) is 9.25. The van der Waals surface area contributed by atoms with Crippen molar-refractivity contribution in [3.63, 3.8) is 0 Å². The molecule has 0 radical (unpaired) electrons. The molecule has 136 valence electrons. The zero-order chi connectivity index (χ0) is 17.6. The second-order valence-corrected chi connectivity index (χ2v) is 6.95. The Labute approximate surface area is 149 Å². The smallest absolute Gasteiger partial charge is 0.259 e. The van der Waals surface area contributed by atoms with Crippen molar-refractivity contribution in [2.24, 2.45) is 5.92 Å². The van der Waals surface area contributed by atoms with Gasteiger partial charge >= 0.3 is 0 Å². The Balaban J connectivity index is 1.55. The molecule has 1 aromatic rings. The Morgan fingerprint density at radius 1 is 1.20 bits per heavy atom. The summed E-state index contributed by atoms with van der Waals surface area (Å²) >= 11 is 0. The number of hydrogen-bond acceptors (Lipinski definition) is 4. The maximum Gasteiger partial charge on any atom is 0.259 e. The summed E-state index contributed by atoms with van der Waals surface area (Å²) in [5.74, 6) is 1.01. The van der Waals surface area contributed by atoms with E-state index in [1.54, 1.807) is 18.3 Å². The number of rotatable bonds is 5. The molecule has 2 saturated heterocycles. The van der Waals surface area contributed by atoms with Crippen molar-refractivity contribution in [3.8, 4) is 5.88 Å². The van der Waals surface area contributed by atoms with Gasteiger partial charge in [0.25, 0.3) is 5.91 Å². The van der Waals surface area contributed by atoms with E-state index >= 15 is 0 Å². The number of methoxy groups -OCH3 is 1. The van der Waals surface area contributed by atoms with Crippen molar-refractivity contribution in [2.75, 3.05) is 33.3 Å². The average molecular weight is 345 g/mol. The highest BCUT2D eigenvalue weighted by Crippen LogP contribution is 2.25. The van der Waals surface area contributed by atoms with Crippen LogP contribution in [0.15, 0.2) is 18.3 Å². The number of ether oxygens (including phenoxy) is 1. The minimum atomic E-state index is -0.0273. The van der Waals surface area contributed by atoms with E-state index in [1.165, 1.54) is 7.11 Å². The van der Waals surface area contributed by atoms with E-state index in [-0.39, 0.29) is 11.8 Å². The second kappa shape index (κ2) is 8.32. The van der Waals surface area contributed by atoms with E-state index < -0.39 is 0 Å². The van der Waals surface area contributed by atoms with Gasteiger partial charge in [-0.1, -0.05) is 0 Å². The molecule has 0 spiro atoms. The van der Waals surface area contributed by atoms with Crippen molar-refractivity contribution in [3.05, 3.63) is 23.9 Å². The number of likely N-dealkylation sites (tertiary alicyclic amines) is 2. The van der Waals surface area contributed by atoms with E-state index in [0.29, 0.717) is 30.3 Å². The fourth-order valence-electron chi connectivity index (χ4n) is 3.82. The standard InChI is InChI=1S/C19H27N3O3/c1-25-18-16(7-4-10-20-18)19(24)22-13-5-6-15(14-22)8-9-17(23)21-11-2-3-12-21/h4,7,10,15H,2-3,5-6,8-9,11-14H2,1H3/t15-/m1/s1. The van der Waals surface area contributed by atoms with E-state index in [1.807, 2.05) is 9.80 Å². The SMILES string of the molecule is COc1ncccc1C(=O)N1CCC[C@H](CCC(=O)N2CCCC2)C1. The third-order valence-electron chi connectivity index (χ3n) is 5.23. The number of hydrogen-bond donors (Lipinski definition) is 0. The molecule has 0 unspecified atom stereocenters. The Kier molecular flexibility index (Phi) is 5.89. The molecule has 2 aliphatic rings. The number of nitrogens with zero attached hydrogens (tertiary/aromatic N) is 3. The van der Waals surface area contributed by atoms with Crippen LogP contribution in [-0.4, -0.2) is 59.9 Å². The molecule has 0 bridgehead atoms. The largest absolute Gasteiger partial charge is 0.480 e. The number of carbonyl (C=O) groups is 2. The lowest BCUT2D eigenvalue weighted by Crippen LogP contribution is -2.40. The molecule has 3 heterocycles. The number of piperidine rings is 1. The lowest BCUT2D eigenvalue weighted by molar-refractivity contribution is -0.130. The van der Waals surface area contributed by atoms with Crippen LogP contribution in [0, 0.1) is 5.92 Å². The van der Waals surface area contributed by atoms with Crippen LogP contribution in [0.5, 0.6) is 5.88 Å². The van der Waals surface area contributed by atoms with Gasteiger partial charge in [-0.3, -0.25) is 9.59 Å². The lowest BCUT2D eigenvalue weighted by Gasteiger charge is -2.33. The highest BCUT2D eigenvalue weighted by molar-refractivity contribution is 5.96. The van der Waals surface area contributed by atoms with Crippen molar-refractivity contribution in [1.29, 1.82) is 0 Å². The fraction of sp³-hybridized carbons (Fsp3) is 0.632. The maximum absolute atomic E-state index is 12.8. The second-order valence-electron chi connectivity index (χ2n) is 6.95. The van der Waals surface area contributed by atoms with Crippen LogP contribution in [0.4, 0.5) is 0 Å². The number of carbonyl (C=O) groups excluding carboxylic acids is 2. The van der Waals surface area contributed by atoms with Crippen molar-refractivity contribution < 1.29 is 14.3 Å². The van der Waals surface area contributed by atoms with E-state index in [2.05, 4.69) is 4.98 Å². The van der Waals surface area contributed by atoms with Gasteiger partial charge in [-0.2, -0.15) is 0 Å². The van der Waals surface area contributed by atoms with Crippen LogP contribution in [0.25, 0.3) is 0 Å². The van der Waals surface area contributed by atoms with Gasteiger partial charge in [0.2, 0.25) is 11.8 Å². The van der Waals surface area contributed by atoms with Gasteiger partial charge in [0.05, 0.1) is 7.11 Å². The monoisotopic (exact) mass is 345 g/mol. The molecule has 25 heavy (non-hydrogen) atoms. The Bertz CT molecular complexity index is 614. The molecule has 1 atom stereocenters. The highest BCUT2D eigenvalue weighted by atomic mass is 16.5. The Morgan fingerprint density at radius 3 is 2.72 bits per heavy atom. The van der Waals surface area contributed by atoms with E-state index in [4.69, 9.17) is 4.74 Å². The zero-order valence-electron chi connectivity index (χ0n) is 14.9. The Hall–Kier alpha value is -2.11. The van der Waals surface area contributed by atoms with Crippen LogP contribution in [0.2, 0.25) is 0 Å². The molecule has 2 fully saturated rings. The van der Waals surface area contributed by atoms with Gasteiger partial charge in [0.1, 0.15) is 5.56 Å². The van der Waals surface area contributed by atoms with Crippen LogP contribution in [0.1, 0.15) is 48.9 Å². The Morgan fingerprint density at radius 2 is 1.96 bits per heavy atom. The number of amides is 2. The maximum atomic E-state index is 12.8. The summed E-state index contributed by atoms with van der Waals surface area (Å²) in [5.41, 5.74) is 0.513. The van der Waals surface area contributed by atoms with E-state index in [9.17, 15) is 9.59 Å².